The van der Waals surface area contributed by atoms with Crippen LogP contribution in [-0.4, -0.2) is 54.6 Å². The van der Waals surface area contributed by atoms with E-state index in [-0.39, 0.29) is 5.54 Å². The average Bonchev–Trinajstić information content (AvgIpc) is 2.64. The molecule has 0 aliphatic carbocycles. The summed E-state index contributed by atoms with van der Waals surface area (Å²) in [4.78, 5) is 5.00. The maximum Gasteiger partial charge on any atom is 0.0252 e. The summed E-state index contributed by atoms with van der Waals surface area (Å²) >= 11 is 0. The third-order valence-corrected chi connectivity index (χ3v) is 3.87. The van der Waals surface area contributed by atoms with Crippen molar-refractivity contribution in [2.75, 3.05) is 33.2 Å². The van der Waals surface area contributed by atoms with Crippen LogP contribution in [-0.2, 0) is 0 Å². The molecule has 1 fully saturated rings. The van der Waals surface area contributed by atoms with Gasteiger partial charge in [-0.05, 0) is 46.3 Å². The van der Waals surface area contributed by atoms with E-state index in [4.69, 9.17) is 5.73 Å². The summed E-state index contributed by atoms with van der Waals surface area (Å²) in [5.41, 5.74) is 6.17. The smallest absolute Gasteiger partial charge is 0.0252 e. The largest absolute Gasteiger partial charge is 0.324 e. The minimum absolute atomic E-state index is 0.0373. The zero-order chi connectivity index (χ0) is 12.2. The van der Waals surface area contributed by atoms with E-state index in [1.54, 1.807) is 0 Å². The highest BCUT2D eigenvalue weighted by Crippen LogP contribution is 2.18. The minimum atomic E-state index is -0.0373. The van der Waals surface area contributed by atoms with E-state index in [1.165, 1.54) is 32.5 Å². The molecule has 3 heteroatoms. The normalized spacial score (nSPS) is 26.2. The molecular formula is C13H29N3. The molecule has 0 spiro atoms. The lowest BCUT2D eigenvalue weighted by Gasteiger charge is -2.33. The topological polar surface area (TPSA) is 32.5 Å². The zero-order valence-corrected chi connectivity index (χ0v) is 11.5. The van der Waals surface area contributed by atoms with Crippen LogP contribution in [0.4, 0.5) is 0 Å². The van der Waals surface area contributed by atoms with Gasteiger partial charge in [-0.1, -0.05) is 13.8 Å². The van der Waals surface area contributed by atoms with E-state index in [0.717, 1.165) is 19.0 Å². The summed E-state index contributed by atoms with van der Waals surface area (Å²) in [5, 5.41) is 0. The summed E-state index contributed by atoms with van der Waals surface area (Å²) in [6.07, 6.45) is 3.76. The van der Waals surface area contributed by atoms with Gasteiger partial charge in [0.05, 0.1) is 0 Å². The van der Waals surface area contributed by atoms with Gasteiger partial charge in [0, 0.05) is 24.7 Å². The summed E-state index contributed by atoms with van der Waals surface area (Å²) in [5.74, 6) is 0. The standard InChI is InChI=1S/C13H29N3/c1-5-13(3,14)11-15(4)10-12-8-7-9-16(12)6-2/h12H,5-11,14H2,1-4H3. The number of likely N-dealkylation sites (tertiary alicyclic amines) is 1. The van der Waals surface area contributed by atoms with E-state index in [1.807, 2.05) is 0 Å². The van der Waals surface area contributed by atoms with Gasteiger partial charge >= 0.3 is 0 Å². The number of hydrogen-bond donors (Lipinski definition) is 1. The van der Waals surface area contributed by atoms with E-state index in [2.05, 4.69) is 37.6 Å². The second-order valence-electron chi connectivity index (χ2n) is 5.63. The Morgan fingerprint density at radius 1 is 1.44 bits per heavy atom. The number of rotatable bonds is 6. The number of nitrogens with zero attached hydrogens (tertiary/aromatic N) is 2. The molecule has 2 unspecified atom stereocenters. The van der Waals surface area contributed by atoms with Crippen molar-refractivity contribution in [3.63, 3.8) is 0 Å². The molecule has 1 heterocycles. The molecule has 0 bridgehead atoms. The molecule has 1 rings (SSSR count). The molecule has 0 amide bonds. The Bertz CT molecular complexity index is 203. The predicted molar refractivity (Wildman–Crippen MR) is 70.6 cm³/mol. The highest BCUT2D eigenvalue weighted by Gasteiger charge is 2.26. The maximum atomic E-state index is 6.20. The Kier molecular flexibility index (Phi) is 5.22. The fraction of sp³-hybridized carbons (Fsp3) is 1.00. The molecule has 3 nitrogen and oxygen atoms in total. The van der Waals surface area contributed by atoms with Gasteiger partial charge in [-0.15, -0.1) is 0 Å². The summed E-state index contributed by atoms with van der Waals surface area (Å²) in [7, 11) is 2.20. The van der Waals surface area contributed by atoms with E-state index in [9.17, 15) is 0 Å². The first-order valence-corrected chi connectivity index (χ1v) is 6.70. The van der Waals surface area contributed by atoms with Crippen molar-refractivity contribution in [3.05, 3.63) is 0 Å². The molecule has 0 saturated carbocycles. The van der Waals surface area contributed by atoms with Crippen LogP contribution < -0.4 is 5.73 Å². The second-order valence-corrected chi connectivity index (χ2v) is 5.63. The molecule has 0 aromatic carbocycles. The summed E-state index contributed by atoms with van der Waals surface area (Å²) in [6, 6.07) is 0.752. The Morgan fingerprint density at radius 2 is 2.12 bits per heavy atom. The highest BCUT2D eigenvalue weighted by atomic mass is 15.2. The van der Waals surface area contributed by atoms with E-state index >= 15 is 0 Å². The molecule has 2 atom stereocenters. The third kappa shape index (κ3) is 4.04. The Morgan fingerprint density at radius 3 is 2.69 bits per heavy atom. The van der Waals surface area contributed by atoms with Gasteiger partial charge < -0.3 is 10.6 Å². The van der Waals surface area contributed by atoms with Crippen LogP contribution >= 0.6 is 0 Å². The van der Waals surface area contributed by atoms with Crippen LogP contribution in [0.1, 0.15) is 40.0 Å². The van der Waals surface area contributed by atoms with Crippen LogP contribution in [0.25, 0.3) is 0 Å². The Balaban J connectivity index is 2.36. The van der Waals surface area contributed by atoms with Gasteiger partial charge in [-0.2, -0.15) is 0 Å². The van der Waals surface area contributed by atoms with Crippen molar-refractivity contribution >= 4 is 0 Å². The first-order chi connectivity index (χ1) is 7.48. The van der Waals surface area contributed by atoms with Crippen molar-refractivity contribution in [3.8, 4) is 0 Å². The number of hydrogen-bond acceptors (Lipinski definition) is 3. The van der Waals surface area contributed by atoms with Gasteiger partial charge in [0.1, 0.15) is 0 Å². The van der Waals surface area contributed by atoms with Crippen molar-refractivity contribution in [2.45, 2.75) is 51.6 Å². The van der Waals surface area contributed by atoms with Gasteiger partial charge in [0.15, 0.2) is 0 Å². The summed E-state index contributed by atoms with van der Waals surface area (Å²) in [6.45, 7) is 11.2. The molecule has 1 saturated heterocycles. The first kappa shape index (κ1) is 13.9. The predicted octanol–water partition coefficient (Wildman–Crippen LogP) is 1.53. The summed E-state index contributed by atoms with van der Waals surface area (Å²) < 4.78 is 0. The van der Waals surface area contributed by atoms with Crippen molar-refractivity contribution in [2.24, 2.45) is 5.73 Å². The Hall–Kier alpha value is -0.120. The molecule has 0 radical (unpaired) electrons. The molecule has 96 valence electrons. The fourth-order valence-electron chi connectivity index (χ4n) is 2.67. The lowest BCUT2D eigenvalue weighted by atomic mass is 10.00. The van der Waals surface area contributed by atoms with Gasteiger partial charge in [-0.3, -0.25) is 4.90 Å². The molecule has 16 heavy (non-hydrogen) atoms. The van der Waals surface area contributed by atoms with Crippen LogP contribution in [0.2, 0.25) is 0 Å². The second kappa shape index (κ2) is 5.99. The van der Waals surface area contributed by atoms with Crippen LogP contribution in [0.15, 0.2) is 0 Å². The molecule has 2 N–H and O–H groups in total. The van der Waals surface area contributed by atoms with Gasteiger partial charge in [0.25, 0.3) is 0 Å². The quantitative estimate of drug-likeness (QED) is 0.747. The van der Waals surface area contributed by atoms with Crippen LogP contribution in [0, 0.1) is 0 Å². The van der Waals surface area contributed by atoms with Gasteiger partial charge in [-0.25, -0.2) is 0 Å². The molecule has 1 aliphatic rings. The monoisotopic (exact) mass is 227 g/mol. The van der Waals surface area contributed by atoms with Gasteiger partial charge in [0.2, 0.25) is 0 Å². The van der Waals surface area contributed by atoms with Crippen molar-refractivity contribution in [1.29, 1.82) is 0 Å². The number of likely N-dealkylation sites (N-methyl/N-ethyl adjacent to an activating group) is 2. The zero-order valence-electron chi connectivity index (χ0n) is 11.5. The first-order valence-electron chi connectivity index (χ1n) is 6.70. The van der Waals surface area contributed by atoms with Crippen molar-refractivity contribution < 1.29 is 0 Å². The number of nitrogens with two attached hydrogens (primary N) is 1. The minimum Gasteiger partial charge on any atom is -0.324 e. The van der Waals surface area contributed by atoms with Crippen LogP contribution in [0.3, 0.4) is 0 Å². The average molecular weight is 227 g/mol. The van der Waals surface area contributed by atoms with Crippen LogP contribution in [0.5, 0.6) is 0 Å². The fourth-order valence-corrected chi connectivity index (χ4v) is 2.67. The molecule has 0 aromatic rings. The highest BCUT2D eigenvalue weighted by molar-refractivity contribution is 4.85. The molecular weight excluding hydrogens is 198 g/mol. The van der Waals surface area contributed by atoms with E-state index in [0.29, 0.717) is 0 Å². The Labute approximate surface area is 101 Å². The third-order valence-electron chi connectivity index (χ3n) is 3.87. The molecule has 1 aliphatic heterocycles. The van der Waals surface area contributed by atoms with E-state index < -0.39 is 0 Å². The van der Waals surface area contributed by atoms with Crippen molar-refractivity contribution in [1.82, 2.24) is 9.80 Å². The lowest BCUT2D eigenvalue weighted by molar-refractivity contribution is 0.175. The SMILES string of the molecule is CCN1CCCC1CN(C)CC(C)(N)CC. The molecule has 0 aromatic heterocycles. The lowest BCUT2D eigenvalue weighted by Crippen LogP contribution is -2.49. The maximum absolute atomic E-state index is 6.20.